The van der Waals surface area contributed by atoms with Crippen LogP contribution in [0.3, 0.4) is 0 Å². The maximum Gasteiger partial charge on any atom is 0.320 e. The van der Waals surface area contributed by atoms with E-state index in [0.29, 0.717) is 24.8 Å². The fourth-order valence-corrected chi connectivity index (χ4v) is 2.17. The molecule has 1 fully saturated rings. The summed E-state index contributed by atoms with van der Waals surface area (Å²) in [5.74, 6) is -0.280. The van der Waals surface area contributed by atoms with Crippen LogP contribution in [0.2, 0.25) is 0 Å². The van der Waals surface area contributed by atoms with E-state index in [9.17, 15) is 14.9 Å². The Morgan fingerprint density at radius 3 is 2.75 bits per heavy atom. The first-order valence-electron chi connectivity index (χ1n) is 6.73. The Morgan fingerprint density at radius 1 is 1.45 bits per heavy atom. The summed E-state index contributed by atoms with van der Waals surface area (Å²) < 4.78 is 4.95. The third-order valence-corrected chi connectivity index (χ3v) is 3.26. The molecular weight excluding hydrogens is 260 g/mol. The minimum absolute atomic E-state index is 0.0991. The molecule has 1 aliphatic rings. The molecule has 0 heterocycles. The zero-order chi connectivity index (χ0) is 14.5. The summed E-state index contributed by atoms with van der Waals surface area (Å²) in [4.78, 5) is 24.2. The summed E-state index contributed by atoms with van der Waals surface area (Å²) in [5, 5.41) is 11.0. The predicted molar refractivity (Wildman–Crippen MR) is 73.2 cm³/mol. The van der Waals surface area contributed by atoms with Crippen LogP contribution in [0.15, 0.2) is 24.3 Å². The summed E-state index contributed by atoms with van der Waals surface area (Å²) in [6.07, 6.45) is 2.06. The maximum atomic E-state index is 11.6. The second-order valence-electron chi connectivity index (χ2n) is 4.83. The molecule has 108 valence electrons. The van der Waals surface area contributed by atoms with Crippen LogP contribution in [0.4, 0.5) is 5.69 Å². The predicted octanol–water partition coefficient (Wildman–Crippen LogP) is 2.12. The van der Waals surface area contributed by atoms with Gasteiger partial charge in [-0.1, -0.05) is 18.2 Å². The lowest BCUT2D eigenvalue weighted by molar-refractivity contribution is -0.385. The number of hydrogen-bond acceptors (Lipinski definition) is 5. The zero-order valence-electron chi connectivity index (χ0n) is 11.4. The van der Waals surface area contributed by atoms with Gasteiger partial charge in [0.25, 0.3) is 5.69 Å². The number of carbonyl (C=O) groups is 1. The number of nitrogens with zero attached hydrogens (tertiary/aromatic N) is 2. The largest absolute Gasteiger partial charge is 0.465 e. The molecule has 0 bridgehead atoms. The van der Waals surface area contributed by atoms with E-state index in [1.807, 2.05) is 4.90 Å². The van der Waals surface area contributed by atoms with Gasteiger partial charge >= 0.3 is 5.97 Å². The Balaban J connectivity index is 2.08. The molecule has 0 unspecified atom stereocenters. The van der Waals surface area contributed by atoms with Gasteiger partial charge in [-0.05, 0) is 19.8 Å². The first kappa shape index (κ1) is 14.5. The van der Waals surface area contributed by atoms with E-state index in [4.69, 9.17) is 4.74 Å². The summed E-state index contributed by atoms with van der Waals surface area (Å²) in [7, 11) is 0. The van der Waals surface area contributed by atoms with Gasteiger partial charge in [0.2, 0.25) is 0 Å². The van der Waals surface area contributed by atoms with Crippen molar-refractivity contribution in [2.75, 3.05) is 13.2 Å². The monoisotopic (exact) mass is 278 g/mol. The van der Waals surface area contributed by atoms with Crippen molar-refractivity contribution in [1.29, 1.82) is 0 Å². The van der Waals surface area contributed by atoms with E-state index in [0.717, 1.165) is 12.8 Å². The normalized spacial score (nSPS) is 14.3. The molecule has 1 saturated carbocycles. The Hall–Kier alpha value is -1.95. The molecule has 0 radical (unpaired) electrons. The van der Waals surface area contributed by atoms with E-state index in [2.05, 4.69) is 0 Å². The molecule has 1 aromatic carbocycles. The highest BCUT2D eigenvalue weighted by Gasteiger charge is 2.31. The zero-order valence-corrected chi connectivity index (χ0v) is 11.4. The van der Waals surface area contributed by atoms with Crippen molar-refractivity contribution in [1.82, 2.24) is 4.90 Å². The molecule has 0 spiro atoms. The second kappa shape index (κ2) is 6.47. The highest BCUT2D eigenvalue weighted by atomic mass is 16.6. The molecule has 1 aliphatic carbocycles. The van der Waals surface area contributed by atoms with Crippen molar-refractivity contribution in [2.24, 2.45) is 0 Å². The number of nitro benzene ring substituents is 1. The van der Waals surface area contributed by atoms with Crippen LogP contribution in [0.25, 0.3) is 0 Å². The standard InChI is InChI=1S/C14H18N2O4/c1-2-20-14(17)10-15(12-7-8-12)9-11-5-3-4-6-13(11)16(18)19/h3-6,12H,2,7-10H2,1H3. The topological polar surface area (TPSA) is 72.7 Å². The molecule has 0 aromatic heterocycles. The maximum absolute atomic E-state index is 11.6. The van der Waals surface area contributed by atoms with Crippen molar-refractivity contribution in [3.05, 3.63) is 39.9 Å². The molecular formula is C14H18N2O4. The average molecular weight is 278 g/mol. The van der Waals surface area contributed by atoms with Crippen LogP contribution in [0.5, 0.6) is 0 Å². The third-order valence-electron chi connectivity index (χ3n) is 3.26. The molecule has 0 atom stereocenters. The second-order valence-corrected chi connectivity index (χ2v) is 4.83. The van der Waals surface area contributed by atoms with E-state index in [1.165, 1.54) is 6.07 Å². The van der Waals surface area contributed by atoms with Crippen LogP contribution < -0.4 is 0 Å². The first-order chi connectivity index (χ1) is 9.61. The van der Waals surface area contributed by atoms with Crippen molar-refractivity contribution >= 4 is 11.7 Å². The summed E-state index contributed by atoms with van der Waals surface area (Å²) in [6.45, 7) is 2.70. The van der Waals surface area contributed by atoms with Gasteiger partial charge in [-0.3, -0.25) is 19.8 Å². The SMILES string of the molecule is CCOC(=O)CN(Cc1ccccc1[N+](=O)[O-])C1CC1. The minimum Gasteiger partial charge on any atom is -0.465 e. The third kappa shape index (κ3) is 3.77. The molecule has 20 heavy (non-hydrogen) atoms. The van der Waals surface area contributed by atoms with Gasteiger partial charge in [0, 0.05) is 24.2 Å². The quantitative estimate of drug-likeness (QED) is 0.434. The number of ether oxygens (including phenoxy) is 1. The molecule has 0 saturated heterocycles. The van der Waals surface area contributed by atoms with Gasteiger partial charge in [0.1, 0.15) is 0 Å². The summed E-state index contributed by atoms with van der Waals surface area (Å²) >= 11 is 0. The number of carbonyl (C=O) groups excluding carboxylic acids is 1. The number of para-hydroxylation sites is 1. The first-order valence-corrected chi connectivity index (χ1v) is 6.73. The number of nitro groups is 1. The average Bonchev–Trinajstić information content (AvgIpc) is 3.23. The molecule has 2 rings (SSSR count). The van der Waals surface area contributed by atoms with E-state index in [1.54, 1.807) is 25.1 Å². The van der Waals surface area contributed by atoms with Gasteiger partial charge < -0.3 is 4.74 Å². The van der Waals surface area contributed by atoms with E-state index in [-0.39, 0.29) is 23.1 Å². The molecule has 1 aromatic rings. The van der Waals surface area contributed by atoms with Crippen molar-refractivity contribution in [2.45, 2.75) is 32.4 Å². The van der Waals surface area contributed by atoms with Crippen molar-refractivity contribution in [3.63, 3.8) is 0 Å². The fourth-order valence-electron chi connectivity index (χ4n) is 2.17. The highest BCUT2D eigenvalue weighted by Crippen LogP contribution is 2.30. The Labute approximate surface area is 117 Å². The summed E-state index contributed by atoms with van der Waals surface area (Å²) in [6, 6.07) is 6.98. The van der Waals surface area contributed by atoms with Crippen LogP contribution in [0, 0.1) is 10.1 Å². The smallest absolute Gasteiger partial charge is 0.320 e. The Bertz CT molecular complexity index is 500. The number of hydrogen-bond donors (Lipinski definition) is 0. The van der Waals surface area contributed by atoms with E-state index < -0.39 is 0 Å². The molecule has 0 aliphatic heterocycles. The minimum atomic E-state index is -0.384. The van der Waals surface area contributed by atoms with Gasteiger partial charge in [-0.25, -0.2) is 0 Å². The lowest BCUT2D eigenvalue weighted by Crippen LogP contribution is -2.32. The van der Waals surface area contributed by atoms with Gasteiger partial charge in [0.15, 0.2) is 0 Å². The number of esters is 1. The number of rotatable bonds is 7. The van der Waals surface area contributed by atoms with Gasteiger partial charge in [-0.15, -0.1) is 0 Å². The van der Waals surface area contributed by atoms with Crippen molar-refractivity contribution in [3.8, 4) is 0 Å². The number of benzene rings is 1. The summed E-state index contributed by atoms with van der Waals surface area (Å²) in [5.41, 5.74) is 0.732. The molecule has 0 N–H and O–H groups in total. The fraction of sp³-hybridized carbons (Fsp3) is 0.500. The van der Waals surface area contributed by atoms with Crippen LogP contribution in [0.1, 0.15) is 25.3 Å². The molecule has 6 nitrogen and oxygen atoms in total. The Kier molecular flexibility index (Phi) is 4.68. The highest BCUT2D eigenvalue weighted by molar-refractivity contribution is 5.71. The molecule has 0 amide bonds. The molecule has 6 heteroatoms. The van der Waals surface area contributed by atoms with Gasteiger partial charge in [-0.2, -0.15) is 0 Å². The Morgan fingerprint density at radius 2 is 2.15 bits per heavy atom. The van der Waals surface area contributed by atoms with E-state index >= 15 is 0 Å². The van der Waals surface area contributed by atoms with Gasteiger partial charge in [0.05, 0.1) is 18.1 Å². The lowest BCUT2D eigenvalue weighted by Gasteiger charge is -2.20. The van der Waals surface area contributed by atoms with Crippen LogP contribution in [-0.2, 0) is 16.1 Å². The van der Waals surface area contributed by atoms with Crippen molar-refractivity contribution < 1.29 is 14.5 Å². The van der Waals surface area contributed by atoms with Crippen LogP contribution >= 0.6 is 0 Å². The van der Waals surface area contributed by atoms with Crippen LogP contribution in [-0.4, -0.2) is 35.0 Å². The lowest BCUT2D eigenvalue weighted by atomic mass is 10.1.